The van der Waals surface area contributed by atoms with Crippen LogP contribution in [0.1, 0.15) is 36.5 Å². The minimum absolute atomic E-state index is 0.100. The summed E-state index contributed by atoms with van der Waals surface area (Å²) in [5.74, 6) is -0.224. The molecule has 2 atom stereocenters. The van der Waals surface area contributed by atoms with Crippen LogP contribution in [-0.2, 0) is 0 Å². The van der Waals surface area contributed by atoms with Crippen LogP contribution in [0.25, 0.3) is 0 Å². The number of nitrogens with one attached hydrogen (secondary N) is 1. The van der Waals surface area contributed by atoms with Gasteiger partial charge in [0.1, 0.15) is 5.82 Å². The van der Waals surface area contributed by atoms with Gasteiger partial charge in [-0.15, -0.1) is 0 Å². The Morgan fingerprint density at radius 2 is 2.21 bits per heavy atom. The fraction of sp³-hybridized carbons (Fsp3) is 0.500. The average Bonchev–Trinajstić information content (AvgIpc) is 2.34. The van der Waals surface area contributed by atoms with Crippen LogP contribution in [0.15, 0.2) is 12.1 Å². The number of carbonyl (C=O) groups is 1. The van der Waals surface area contributed by atoms with E-state index in [4.69, 9.17) is 23.2 Å². The third kappa shape index (κ3) is 3.47. The lowest BCUT2D eigenvalue weighted by Crippen LogP contribution is -2.38. The quantitative estimate of drug-likeness (QED) is 0.673. The molecule has 1 aromatic carbocycles. The van der Waals surface area contributed by atoms with Crippen LogP contribution >= 0.6 is 23.2 Å². The molecule has 1 N–H and O–H groups in total. The SMILES string of the molecule is CC1CCNC(CC(=O)c2c(Cl)ccc(F)c2Cl)C1. The first-order valence-corrected chi connectivity index (χ1v) is 7.14. The Labute approximate surface area is 122 Å². The van der Waals surface area contributed by atoms with E-state index in [1.165, 1.54) is 12.1 Å². The van der Waals surface area contributed by atoms with Crippen LogP contribution in [-0.4, -0.2) is 18.4 Å². The van der Waals surface area contributed by atoms with Crippen molar-refractivity contribution in [1.29, 1.82) is 0 Å². The van der Waals surface area contributed by atoms with Gasteiger partial charge < -0.3 is 5.32 Å². The maximum Gasteiger partial charge on any atom is 0.167 e. The average molecular weight is 304 g/mol. The molecule has 1 saturated heterocycles. The molecule has 1 heterocycles. The highest BCUT2D eigenvalue weighted by Crippen LogP contribution is 2.29. The number of rotatable bonds is 3. The van der Waals surface area contributed by atoms with Crippen molar-refractivity contribution in [3.8, 4) is 0 Å². The smallest absolute Gasteiger partial charge is 0.167 e. The van der Waals surface area contributed by atoms with Crippen molar-refractivity contribution >= 4 is 29.0 Å². The van der Waals surface area contributed by atoms with Crippen LogP contribution in [0.4, 0.5) is 4.39 Å². The van der Waals surface area contributed by atoms with Crippen molar-refractivity contribution in [3.05, 3.63) is 33.6 Å². The van der Waals surface area contributed by atoms with Crippen LogP contribution < -0.4 is 5.32 Å². The van der Waals surface area contributed by atoms with Gasteiger partial charge in [-0.3, -0.25) is 4.79 Å². The summed E-state index contributed by atoms with van der Waals surface area (Å²) in [6.07, 6.45) is 2.36. The summed E-state index contributed by atoms with van der Waals surface area (Å²) in [5, 5.41) is 3.33. The molecule has 104 valence electrons. The third-order valence-corrected chi connectivity index (χ3v) is 4.20. The maximum atomic E-state index is 13.4. The van der Waals surface area contributed by atoms with Crippen molar-refractivity contribution in [2.24, 2.45) is 5.92 Å². The number of benzene rings is 1. The third-order valence-electron chi connectivity index (χ3n) is 3.51. The molecule has 0 saturated carbocycles. The monoisotopic (exact) mass is 303 g/mol. The highest BCUT2D eigenvalue weighted by atomic mass is 35.5. The molecule has 2 rings (SSSR count). The van der Waals surface area contributed by atoms with E-state index in [0.29, 0.717) is 12.3 Å². The Balaban J connectivity index is 2.14. The molecule has 0 bridgehead atoms. The first-order chi connectivity index (χ1) is 8.99. The minimum Gasteiger partial charge on any atom is -0.314 e. The Morgan fingerprint density at radius 1 is 1.47 bits per heavy atom. The summed E-state index contributed by atoms with van der Waals surface area (Å²) in [5.41, 5.74) is 0.100. The lowest BCUT2D eigenvalue weighted by Gasteiger charge is -2.27. The van der Waals surface area contributed by atoms with Crippen molar-refractivity contribution in [1.82, 2.24) is 5.32 Å². The summed E-state index contributed by atoms with van der Waals surface area (Å²) < 4.78 is 13.4. The second-order valence-electron chi connectivity index (χ2n) is 5.13. The predicted molar refractivity (Wildman–Crippen MR) is 75.6 cm³/mol. The normalized spacial score (nSPS) is 23.4. The van der Waals surface area contributed by atoms with E-state index < -0.39 is 5.82 Å². The van der Waals surface area contributed by atoms with Gasteiger partial charge in [0.15, 0.2) is 5.78 Å². The summed E-state index contributed by atoms with van der Waals surface area (Å²) in [4.78, 5) is 12.2. The van der Waals surface area contributed by atoms with E-state index in [1.54, 1.807) is 0 Å². The summed E-state index contributed by atoms with van der Waals surface area (Å²) >= 11 is 11.8. The van der Waals surface area contributed by atoms with Gasteiger partial charge in [0.2, 0.25) is 0 Å². The Hall–Kier alpha value is -0.640. The van der Waals surface area contributed by atoms with E-state index in [9.17, 15) is 9.18 Å². The standard InChI is InChI=1S/C14H16Cl2FNO/c1-8-4-5-18-9(6-8)7-12(19)13-10(15)2-3-11(17)14(13)16/h2-3,8-9,18H,4-7H2,1H3. The molecule has 1 aromatic rings. The summed E-state index contributed by atoms with van der Waals surface area (Å²) in [6.45, 7) is 3.07. The Bertz CT molecular complexity index is 493. The molecule has 0 spiro atoms. The number of ketones is 1. The molecule has 1 aliphatic rings. The van der Waals surface area contributed by atoms with Gasteiger partial charge in [0, 0.05) is 12.5 Å². The first kappa shape index (κ1) is 14.8. The van der Waals surface area contributed by atoms with Gasteiger partial charge in [0.05, 0.1) is 15.6 Å². The Kier molecular flexibility index (Phi) is 4.82. The van der Waals surface area contributed by atoms with E-state index in [-0.39, 0.29) is 27.4 Å². The van der Waals surface area contributed by atoms with Gasteiger partial charge in [-0.05, 0) is 37.4 Å². The van der Waals surface area contributed by atoms with Crippen LogP contribution in [0, 0.1) is 11.7 Å². The molecule has 2 unspecified atom stereocenters. The van der Waals surface area contributed by atoms with Gasteiger partial charge in [-0.1, -0.05) is 30.1 Å². The zero-order chi connectivity index (χ0) is 14.0. The summed E-state index contributed by atoms with van der Waals surface area (Å²) in [6, 6.07) is 2.65. The lowest BCUT2D eigenvalue weighted by molar-refractivity contribution is 0.0958. The second-order valence-corrected chi connectivity index (χ2v) is 5.91. The van der Waals surface area contributed by atoms with E-state index in [1.807, 2.05) is 0 Å². The molecule has 5 heteroatoms. The Morgan fingerprint density at radius 3 is 2.89 bits per heavy atom. The van der Waals surface area contributed by atoms with Crippen molar-refractivity contribution in [2.75, 3.05) is 6.54 Å². The number of carbonyl (C=O) groups excluding carboxylic acids is 1. The molecular formula is C14H16Cl2FNO. The zero-order valence-corrected chi connectivity index (χ0v) is 12.2. The van der Waals surface area contributed by atoms with Crippen LogP contribution in [0.3, 0.4) is 0 Å². The van der Waals surface area contributed by atoms with Gasteiger partial charge >= 0.3 is 0 Å². The van der Waals surface area contributed by atoms with E-state index in [0.717, 1.165) is 19.4 Å². The zero-order valence-electron chi connectivity index (χ0n) is 10.7. The number of halogens is 3. The number of hydrogen-bond donors (Lipinski definition) is 1. The largest absolute Gasteiger partial charge is 0.314 e. The molecule has 0 amide bonds. The van der Waals surface area contributed by atoms with Crippen molar-refractivity contribution in [2.45, 2.75) is 32.2 Å². The summed E-state index contributed by atoms with van der Waals surface area (Å²) in [7, 11) is 0. The van der Waals surface area contributed by atoms with Gasteiger partial charge in [-0.25, -0.2) is 4.39 Å². The van der Waals surface area contributed by atoms with Crippen molar-refractivity contribution < 1.29 is 9.18 Å². The second kappa shape index (κ2) is 6.21. The molecule has 0 aromatic heterocycles. The van der Waals surface area contributed by atoms with E-state index >= 15 is 0 Å². The molecule has 0 radical (unpaired) electrons. The molecule has 2 nitrogen and oxygen atoms in total. The molecule has 19 heavy (non-hydrogen) atoms. The fourth-order valence-electron chi connectivity index (χ4n) is 2.48. The molecule has 1 fully saturated rings. The van der Waals surface area contributed by atoms with Crippen LogP contribution in [0.2, 0.25) is 10.0 Å². The molecule has 1 aliphatic heterocycles. The highest BCUT2D eigenvalue weighted by molar-refractivity contribution is 6.39. The predicted octanol–water partition coefficient (Wildman–Crippen LogP) is 4.09. The van der Waals surface area contributed by atoms with Gasteiger partial charge in [0.25, 0.3) is 0 Å². The van der Waals surface area contributed by atoms with Gasteiger partial charge in [-0.2, -0.15) is 0 Å². The number of hydrogen-bond acceptors (Lipinski definition) is 2. The molecule has 0 aliphatic carbocycles. The highest BCUT2D eigenvalue weighted by Gasteiger charge is 2.24. The first-order valence-electron chi connectivity index (χ1n) is 6.39. The molecular weight excluding hydrogens is 288 g/mol. The number of Topliss-reactive ketones (excluding diaryl/α,β-unsaturated/α-hetero) is 1. The van der Waals surface area contributed by atoms with Crippen molar-refractivity contribution in [3.63, 3.8) is 0 Å². The maximum absolute atomic E-state index is 13.4. The van der Waals surface area contributed by atoms with Crippen LogP contribution in [0.5, 0.6) is 0 Å². The number of piperidine rings is 1. The topological polar surface area (TPSA) is 29.1 Å². The van der Waals surface area contributed by atoms with E-state index in [2.05, 4.69) is 12.2 Å². The lowest BCUT2D eigenvalue weighted by atomic mass is 9.90. The minimum atomic E-state index is -0.612. The fourth-order valence-corrected chi connectivity index (χ4v) is 3.07.